The Morgan fingerprint density at radius 2 is 1.82 bits per heavy atom. The zero-order valence-electron chi connectivity index (χ0n) is 12.8. The summed E-state index contributed by atoms with van der Waals surface area (Å²) in [6, 6.07) is 18.9. The minimum atomic E-state index is -0.138. The minimum Gasteiger partial charge on any atom is -0.352 e. The summed E-state index contributed by atoms with van der Waals surface area (Å²) in [5.41, 5.74) is 3.66. The lowest BCUT2D eigenvalue weighted by molar-refractivity contribution is -0.120. The Morgan fingerprint density at radius 3 is 2.50 bits per heavy atom. The molecule has 0 radical (unpaired) electrons. The van der Waals surface area contributed by atoms with Crippen molar-refractivity contribution in [2.24, 2.45) is 0 Å². The number of hydrogen-bond donors (Lipinski definition) is 1. The molecule has 3 rings (SSSR count). The van der Waals surface area contributed by atoms with Crippen molar-refractivity contribution in [2.75, 3.05) is 0 Å². The topological polar surface area (TPSA) is 29.1 Å². The summed E-state index contributed by atoms with van der Waals surface area (Å²) in [5.74, 6) is 0.997. The van der Waals surface area contributed by atoms with Crippen LogP contribution in [0.2, 0.25) is 0 Å². The molecule has 0 aliphatic heterocycles. The molecule has 0 aromatic heterocycles. The number of rotatable bonds is 6. The molecule has 1 saturated carbocycles. The number of amides is 1. The average Bonchev–Trinajstić information content (AvgIpc) is 3.34. The largest absolute Gasteiger partial charge is 0.352 e. The fraction of sp³-hybridized carbons (Fsp3) is 0.316. The lowest BCUT2D eigenvalue weighted by atomic mass is 10.1. The van der Waals surface area contributed by atoms with Crippen LogP contribution in [0.3, 0.4) is 0 Å². The first-order chi connectivity index (χ1) is 10.7. The highest BCUT2D eigenvalue weighted by Gasteiger charge is 2.28. The summed E-state index contributed by atoms with van der Waals surface area (Å²) in [7, 11) is 0. The molecular formula is C19H21NOS. The van der Waals surface area contributed by atoms with Gasteiger partial charge in [0.05, 0.1) is 0 Å². The van der Waals surface area contributed by atoms with Crippen LogP contribution in [0.25, 0.3) is 0 Å². The second-order valence-electron chi connectivity index (χ2n) is 5.81. The van der Waals surface area contributed by atoms with E-state index in [4.69, 9.17) is 0 Å². The van der Waals surface area contributed by atoms with Gasteiger partial charge in [0, 0.05) is 11.8 Å². The van der Waals surface area contributed by atoms with Crippen LogP contribution in [-0.4, -0.2) is 11.9 Å². The van der Waals surface area contributed by atoms with Crippen molar-refractivity contribution in [2.45, 2.75) is 36.8 Å². The molecule has 22 heavy (non-hydrogen) atoms. The second kappa shape index (κ2) is 7.01. The summed E-state index contributed by atoms with van der Waals surface area (Å²) in [6.07, 6.45) is 2.24. The van der Waals surface area contributed by atoms with Gasteiger partial charge < -0.3 is 5.32 Å². The second-order valence-corrected chi connectivity index (χ2v) is 6.90. The van der Waals surface area contributed by atoms with Crippen LogP contribution >= 0.6 is 11.8 Å². The normalized spacial score (nSPS) is 15.3. The third kappa shape index (κ3) is 3.92. The van der Waals surface area contributed by atoms with Gasteiger partial charge in [0.25, 0.3) is 0 Å². The molecular weight excluding hydrogens is 290 g/mol. The van der Waals surface area contributed by atoms with E-state index in [9.17, 15) is 4.79 Å². The summed E-state index contributed by atoms with van der Waals surface area (Å²) < 4.78 is 0. The first-order valence-electron chi connectivity index (χ1n) is 7.75. The number of aryl methyl sites for hydroxylation is 1. The van der Waals surface area contributed by atoms with Crippen molar-refractivity contribution in [3.63, 3.8) is 0 Å². The van der Waals surface area contributed by atoms with Crippen LogP contribution in [0, 0.1) is 6.92 Å². The highest BCUT2D eigenvalue weighted by molar-refractivity contribution is 7.99. The van der Waals surface area contributed by atoms with Gasteiger partial charge in [-0.25, -0.2) is 0 Å². The van der Waals surface area contributed by atoms with E-state index in [0.717, 1.165) is 24.2 Å². The van der Waals surface area contributed by atoms with Gasteiger partial charge in [-0.3, -0.25) is 4.79 Å². The quantitative estimate of drug-likeness (QED) is 0.864. The average molecular weight is 311 g/mol. The zero-order valence-corrected chi connectivity index (χ0v) is 13.6. The molecule has 0 saturated heterocycles. The Hall–Kier alpha value is -1.74. The van der Waals surface area contributed by atoms with E-state index in [2.05, 4.69) is 36.5 Å². The predicted octanol–water partition coefficient (Wildman–Crippen LogP) is 4.25. The van der Waals surface area contributed by atoms with Crippen molar-refractivity contribution >= 4 is 17.7 Å². The number of hydrogen-bond acceptors (Lipinski definition) is 2. The maximum atomic E-state index is 12.6. The first kappa shape index (κ1) is 15.2. The molecule has 1 aliphatic carbocycles. The Bertz CT molecular complexity index is 637. The van der Waals surface area contributed by atoms with Crippen LogP contribution in [0.4, 0.5) is 0 Å². The Balaban J connectivity index is 1.73. The molecule has 2 nitrogen and oxygen atoms in total. The maximum absolute atomic E-state index is 12.6. The van der Waals surface area contributed by atoms with Gasteiger partial charge in [0.15, 0.2) is 0 Å². The van der Waals surface area contributed by atoms with Gasteiger partial charge in [0.1, 0.15) is 5.25 Å². The standard InChI is InChI=1S/C19H21NOS/c1-14-7-5-6-10-16(14)13-22-18(15-8-3-2-4-9-15)19(21)20-17-11-12-17/h2-10,17-18H,11-13H2,1H3,(H,20,21)/t18-/m1/s1. The Labute approximate surface area is 136 Å². The molecule has 0 bridgehead atoms. The van der Waals surface area contributed by atoms with Gasteiger partial charge >= 0.3 is 0 Å². The zero-order chi connectivity index (χ0) is 15.4. The van der Waals surface area contributed by atoms with Crippen molar-refractivity contribution in [3.8, 4) is 0 Å². The fourth-order valence-corrected chi connectivity index (χ4v) is 3.64. The van der Waals surface area contributed by atoms with Crippen molar-refractivity contribution < 1.29 is 4.79 Å². The lowest BCUT2D eigenvalue weighted by Crippen LogP contribution is -2.29. The van der Waals surface area contributed by atoms with Crippen LogP contribution < -0.4 is 5.32 Å². The molecule has 1 amide bonds. The van der Waals surface area contributed by atoms with Gasteiger partial charge in [0.2, 0.25) is 5.91 Å². The molecule has 0 spiro atoms. The van der Waals surface area contributed by atoms with Crippen LogP contribution in [0.5, 0.6) is 0 Å². The molecule has 114 valence electrons. The van der Waals surface area contributed by atoms with E-state index >= 15 is 0 Å². The first-order valence-corrected chi connectivity index (χ1v) is 8.80. The molecule has 1 aliphatic rings. The smallest absolute Gasteiger partial charge is 0.237 e. The molecule has 1 atom stereocenters. The molecule has 1 fully saturated rings. The summed E-state index contributed by atoms with van der Waals surface area (Å²) >= 11 is 1.71. The summed E-state index contributed by atoms with van der Waals surface area (Å²) in [6.45, 7) is 2.12. The third-order valence-corrected chi connectivity index (χ3v) is 5.23. The van der Waals surface area contributed by atoms with Crippen LogP contribution in [0.15, 0.2) is 54.6 Å². The molecule has 1 N–H and O–H groups in total. The Kier molecular flexibility index (Phi) is 4.84. The van der Waals surface area contributed by atoms with E-state index in [0.29, 0.717) is 6.04 Å². The molecule has 2 aromatic rings. The molecule has 0 unspecified atom stereocenters. The highest BCUT2D eigenvalue weighted by atomic mass is 32.2. The van der Waals surface area contributed by atoms with Crippen molar-refractivity contribution in [1.29, 1.82) is 0 Å². The molecule has 2 aromatic carbocycles. The third-order valence-electron chi connectivity index (χ3n) is 3.93. The SMILES string of the molecule is Cc1ccccc1CS[C@@H](C(=O)NC1CC1)c1ccccc1. The highest BCUT2D eigenvalue weighted by Crippen LogP contribution is 2.33. The minimum absolute atomic E-state index is 0.138. The van der Waals surface area contributed by atoms with E-state index < -0.39 is 0 Å². The van der Waals surface area contributed by atoms with Crippen molar-refractivity contribution in [1.82, 2.24) is 5.32 Å². The number of nitrogens with one attached hydrogen (secondary N) is 1. The number of thioether (sulfide) groups is 1. The molecule has 3 heteroatoms. The summed E-state index contributed by atoms with van der Waals surface area (Å²) in [5, 5.41) is 3.01. The predicted molar refractivity (Wildman–Crippen MR) is 92.8 cm³/mol. The van der Waals surface area contributed by atoms with Gasteiger partial charge in [-0.15, -0.1) is 11.8 Å². The van der Waals surface area contributed by atoms with Gasteiger partial charge in [-0.2, -0.15) is 0 Å². The van der Waals surface area contributed by atoms with Crippen molar-refractivity contribution in [3.05, 3.63) is 71.3 Å². The maximum Gasteiger partial charge on any atom is 0.237 e. The number of carbonyl (C=O) groups is 1. The van der Waals surface area contributed by atoms with E-state index in [1.54, 1.807) is 11.8 Å². The van der Waals surface area contributed by atoms with E-state index in [1.807, 2.05) is 30.3 Å². The van der Waals surface area contributed by atoms with E-state index in [1.165, 1.54) is 11.1 Å². The molecule has 0 heterocycles. The van der Waals surface area contributed by atoms with Gasteiger partial charge in [-0.1, -0.05) is 54.6 Å². The Morgan fingerprint density at radius 1 is 1.14 bits per heavy atom. The van der Waals surface area contributed by atoms with Crippen LogP contribution in [-0.2, 0) is 10.5 Å². The van der Waals surface area contributed by atoms with Gasteiger partial charge in [-0.05, 0) is 36.5 Å². The number of benzene rings is 2. The number of carbonyl (C=O) groups excluding carboxylic acids is 1. The van der Waals surface area contributed by atoms with Crippen LogP contribution in [0.1, 0.15) is 34.8 Å². The lowest BCUT2D eigenvalue weighted by Gasteiger charge is -2.17. The fourth-order valence-electron chi connectivity index (χ4n) is 2.40. The summed E-state index contributed by atoms with van der Waals surface area (Å²) in [4.78, 5) is 12.6. The monoisotopic (exact) mass is 311 g/mol. The van der Waals surface area contributed by atoms with E-state index in [-0.39, 0.29) is 11.2 Å².